The number of amides is 1. The Morgan fingerprint density at radius 2 is 2.20 bits per heavy atom. The van der Waals surface area contributed by atoms with E-state index < -0.39 is 11.9 Å². The molecule has 1 atom stereocenters. The van der Waals surface area contributed by atoms with Gasteiger partial charge in [0.25, 0.3) is 5.56 Å². The Hall–Kier alpha value is -2.67. The van der Waals surface area contributed by atoms with Crippen molar-refractivity contribution in [3.8, 4) is 16.9 Å². The maximum Gasteiger partial charge on any atom is 0.263 e. The fourth-order valence-electron chi connectivity index (χ4n) is 2.99. The average Bonchev–Trinajstić information content (AvgIpc) is 3.02. The predicted molar refractivity (Wildman–Crippen MR) is 99.1 cm³/mol. The minimum Gasteiger partial charge on any atom is -0.497 e. The average molecular weight is 357 g/mol. The Balaban J connectivity index is 2.30. The van der Waals surface area contributed by atoms with Gasteiger partial charge in [0.2, 0.25) is 5.91 Å². The summed E-state index contributed by atoms with van der Waals surface area (Å²) in [4.78, 5) is 30.1. The molecule has 3 aromatic rings. The third kappa shape index (κ3) is 2.91. The summed E-state index contributed by atoms with van der Waals surface area (Å²) >= 11 is 1.41. The molecule has 3 rings (SSSR count). The van der Waals surface area contributed by atoms with Crippen LogP contribution >= 0.6 is 11.3 Å². The molecule has 25 heavy (non-hydrogen) atoms. The summed E-state index contributed by atoms with van der Waals surface area (Å²) < 4.78 is 6.67. The van der Waals surface area contributed by atoms with Crippen LogP contribution in [0.5, 0.6) is 5.75 Å². The molecule has 7 heteroatoms. The molecule has 0 radical (unpaired) electrons. The van der Waals surface area contributed by atoms with E-state index in [2.05, 4.69) is 4.98 Å². The lowest BCUT2D eigenvalue weighted by Gasteiger charge is -2.17. The van der Waals surface area contributed by atoms with Crippen molar-refractivity contribution in [2.75, 3.05) is 7.11 Å². The van der Waals surface area contributed by atoms with Gasteiger partial charge in [0.05, 0.1) is 12.5 Å². The molecule has 0 aliphatic heterocycles. The molecule has 0 spiro atoms. The van der Waals surface area contributed by atoms with Crippen LogP contribution in [0.15, 0.2) is 34.4 Å². The van der Waals surface area contributed by atoms with Gasteiger partial charge in [-0.3, -0.25) is 14.2 Å². The normalized spacial score (nSPS) is 12.3. The number of benzene rings is 1. The number of aromatic nitrogens is 2. The predicted octanol–water partition coefficient (Wildman–Crippen LogP) is 2.88. The number of hydrogen-bond donors (Lipinski definition) is 1. The second-order valence-electron chi connectivity index (χ2n) is 5.72. The molecule has 1 aromatic carbocycles. The van der Waals surface area contributed by atoms with E-state index in [0.717, 1.165) is 11.1 Å². The number of primary amides is 1. The van der Waals surface area contributed by atoms with E-state index in [-0.39, 0.29) is 5.56 Å². The van der Waals surface area contributed by atoms with Gasteiger partial charge < -0.3 is 10.5 Å². The third-order valence-electron chi connectivity index (χ3n) is 4.22. The Labute approximate surface area is 148 Å². The standard InChI is InChI=1S/C18H19N3O3S/c1-4-14(16(19)22)21-10(2)20-17-15(18(21)23)13(9-25-17)11-6-5-7-12(8-11)24-3/h5-9,14H,4H2,1-3H3,(H2,19,22). The molecule has 6 nitrogen and oxygen atoms in total. The van der Waals surface area contributed by atoms with Gasteiger partial charge in [-0.05, 0) is 31.0 Å². The van der Waals surface area contributed by atoms with Crippen LogP contribution in [0.3, 0.4) is 0 Å². The first-order chi connectivity index (χ1) is 12.0. The molecule has 2 heterocycles. The minimum absolute atomic E-state index is 0.243. The lowest BCUT2D eigenvalue weighted by molar-refractivity contribution is -0.121. The highest BCUT2D eigenvalue weighted by Crippen LogP contribution is 2.33. The van der Waals surface area contributed by atoms with E-state index in [1.165, 1.54) is 15.9 Å². The van der Waals surface area contributed by atoms with Crippen molar-refractivity contribution in [1.29, 1.82) is 0 Å². The highest BCUT2D eigenvalue weighted by Gasteiger charge is 2.23. The molecule has 0 aliphatic carbocycles. The van der Waals surface area contributed by atoms with E-state index in [1.54, 1.807) is 14.0 Å². The Bertz CT molecular complexity index is 1010. The van der Waals surface area contributed by atoms with Crippen LogP contribution in [0.1, 0.15) is 25.2 Å². The number of methoxy groups -OCH3 is 1. The first-order valence-electron chi connectivity index (χ1n) is 7.92. The summed E-state index contributed by atoms with van der Waals surface area (Å²) in [6.45, 7) is 3.54. The molecule has 0 saturated carbocycles. The summed E-state index contributed by atoms with van der Waals surface area (Å²) in [5.74, 6) is 0.662. The first kappa shape index (κ1) is 17.2. The maximum atomic E-state index is 13.2. The lowest BCUT2D eigenvalue weighted by atomic mass is 10.1. The zero-order chi connectivity index (χ0) is 18.1. The summed E-state index contributed by atoms with van der Waals surface area (Å²) in [6, 6.07) is 6.80. The Morgan fingerprint density at radius 1 is 1.44 bits per heavy atom. The van der Waals surface area contributed by atoms with Crippen molar-refractivity contribution < 1.29 is 9.53 Å². The maximum absolute atomic E-state index is 13.2. The number of fused-ring (bicyclic) bond motifs is 1. The molecular weight excluding hydrogens is 338 g/mol. The number of hydrogen-bond acceptors (Lipinski definition) is 5. The number of nitrogens with two attached hydrogens (primary N) is 1. The molecule has 2 N–H and O–H groups in total. The van der Waals surface area contributed by atoms with Crippen LogP contribution in [-0.4, -0.2) is 22.6 Å². The number of carbonyl (C=O) groups excluding carboxylic acids is 1. The lowest BCUT2D eigenvalue weighted by Crippen LogP contribution is -2.35. The number of carbonyl (C=O) groups is 1. The van der Waals surface area contributed by atoms with Gasteiger partial charge in [0.15, 0.2) is 0 Å². The fourth-order valence-corrected chi connectivity index (χ4v) is 3.97. The largest absolute Gasteiger partial charge is 0.497 e. The van der Waals surface area contributed by atoms with Crippen LogP contribution in [0.2, 0.25) is 0 Å². The molecule has 0 aliphatic rings. The Kier molecular flexibility index (Phi) is 4.59. The van der Waals surface area contributed by atoms with Gasteiger partial charge in [-0.1, -0.05) is 19.1 Å². The van der Waals surface area contributed by atoms with Crippen molar-refractivity contribution in [2.45, 2.75) is 26.3 Å². The highest BCUT2D eigenvalue weighted by atomic mass is 32.1. The van der Waals surface area contributed by atoms with Crippen molar-refractivity contribution in [3.05, 3.63) is 45.8 Å². The van der Waals surface area contributed by atoms with Crippen LogP contribution in [0.25, 0.3) is 21.3 Å². The van der Waals surface area contributed by atoms with Gasteiger partial charge in [-0.15, -0.1) is 11.3 Å². The highest BCUT2D eigenvalue weighted by molar-refractivity contribution is 7.17. The van der Waals surface area contributed by atoms with Crippen LogP contribution in [0.4, 0.5) is 0 Å². The van der Waals surface area contributed by atoms with Crippen molar-refractivity contribution in [2.24, 2.45) is 5.73 Å². The second kappa shape index (κ2) is 6.68. The van der Waals surface area contributed by atoms with E-state index in [9.17, 15) is 9.59 Å². The molecular formula is C18H19N3O3S. The number of aryl methyl sites for hydroxylation is 1. The number of thiophene rings is 1. The van der Waals surface area contributed by atoms with Crippen LogP contribution in [-0.2, 0) is 4.79 Å². The number of ether oxygens (including phenoxy) is 1. The fraction of sp³-hybridized carbons (Fsp3) is 0.278. The summed E-state index contributed by atoms with van der Waals surface area (Å²) in [5, 5.41) is 2.41. The first-order valence-corrected chi connectivity index (χ1v) is 8.80. The molecule has 1 amide bonds. The smallest absolute Gasteiger partial charge is 0.263 e. The minimum atomic E-state index is -0.706. The SMILES string of the molecule is CCC(C(N)=O)n1c(C)nc2scc(-c3cccc(OC)c3)c2c1=O. The third-order valence-corrected chi connectivity index (χ3v) is 5.10. The molecule has 0 fully saturated rings. The monoisotopic (exact) mass is 357 g/mol. The summed E-state index contributed by atoms with van der Waals surface area (Å²) in [5.41, 5.74) is 6.89. The summed E-state index contributed by atoms with van der Waals surface area (Å²) in [7, 11) is 1.60. The van der Waals surface area contributed by atoms with Crippen LogP contribution in [0, 0.1) is 6.92 Å². The topological polar surface area (TPSA) is 87.2 Å². The van der Waals surface area contributed by atoms with E-state index in [0.29, 0.717) is 28.2 Å². The van der Waals surface area contributed by atoms with Gasteiger partial charge in [-0.25, -0.2) is 4.98 Å². The second-order valence-corrected chi connectivity index (χ2v) is 6.58. The molecule has 0 saturated heterocycles. The number of nitrogens with zero attached hydrogens (tertiary/aromatic N) is 2. The van der Waals surface area contributed by atoms with E-state index in [4.69, 9.17) is 10.5 Å². The summed E-state index contributed by atoms with van der Waals surface area (Å²) in [6.07, 6.45) is 0.432. The van der Waals surface area contributed by atoms with E-state index >= 15 is 0 Å². The molecule has 130 valence electrons. The quantitative estimate of drug-likeness (QED) is 0.760. The van der Waals surface area contributed by atoms with Crippen molar-refractivity contribution in [1.82, 2.24) is 9.55 Å². The van der Waals surface area contributed by atoms with E-state index in [1.807, 2.05) is 36.6 Å². The van der Waals surface area contributed by atoms with Crippen LogP contribution < -0.4 is 16.0 Å². The molecule has 2 aromatic heterocycles. The number of rotatable bonds is 5. The van der Waals surface area contributed by atoms with Gasteiger partial charge >= 0.3 is 0 Å². The van der Waals surface area contributed by atoms with Gasteiger partial charge in [0.1, 0.15) is 22.4 Å². The van der Waals surface area contributed by atoms with Gasteiger partial charge in [-0.2, -0.15) is 0 Å². The zero-order valence-corrected chi connectivity index (χ0v) is 15.1. The molecule has 1 unspecified atom stereocenters. The zero-order valence-electron chi connectivity index (χ0n) is 14.3. The van der Waals surface area contributed by atoms with Crippen molar-refractivity contribution >= 4 is 27.5 Å². The van der Waals surface area contributed by atoms with Gasteiger partial charge in [0, 0.05) is 10.9 Å². The molecule has 0 bridgehead atoms. The Morgan fingerprint density at radius 3 is 2.84 bits per heavy atom. The van der Waals surface area contributed by atoms with Crippen molar-refractivity contribution in [3.63, 3.8) is 0 Å².